The lowest BCUT2D eigenvalue weighted by Crippen LogP contribution is -2.36. The maximum atomic E-state index is 15.1. The van der Waals surface area contributed by atoms with Gasteiger partial charge in [-0.05, 0) is 50.8 Å². The average molecular weight is 599 g/mol. The fourth-order valence-corrected chi connectivity index (χ4v) is 6.29. The predicted molar refractivity (Wildman–Crippen MR) is 167 cm³/mol. The first kappa shape index (κ1) is 29.5. The van der Waals surface area contributed by atoms with Gasteiger partial charge < -0.3 is 10.0 Å². The van der Waals surface area contributed by atoms with Gasteiger partial charge in [0.25, 0.3) is 5.92 Å². The SMILES string of the molecule is Cc1nc(N2CCC(C(=O)O)CC2)ccc1-n1nc(-c2cccc3nn(CC(F)(F)c4ccccc4)cc23)c(C(C)C)c1C. The Labute approximate surface area is 255 Å². The number of pyridine rings is 1. The molecule has 4 heterocycles. The third-order valence-corrected chi connectivity index (χ3v) is 8.59. The maximum absolute atomic E-state index is 15.1. The second-order valence-corrected chi connectivity index (χ2v) is 11.9. The summed E-state index contributed by atoms with van der Waals surface area (Å²) in [5, 5.41) is 19.7. The second kappa shape index (κ2) is 11.5. The van der Waals surface area contributed by atoms with E-state index in [2.05, 4.69) is 23.8 Å². The molecule has 0 spiro atoms. The van der Waals surface area contributed by atoms with Gasteiger partial charge >= 0.3 is 5.97 Å². The van der Waals surface area contributed by atoms with E-state index in [-0.39, 0.29) is 17.4 Å². The van der Waals surface area contributed by atoms with E-state index in [0.717, 1.165) is 45.1 Å². The topological polar surface area (TPSA) is 89.1 Å². The van der Waals surface area contributed by atoms with Crippen molar-refractivity contribution in [2.75, 3.05) is 18.0 Å². The molecule has 0 saturated carbocycles. The predicted octanol–water partition coefficient (Wildman–Crippen LogP) is 7.12. The Balaban J connectivity index is 1.35. The highest BCUT2D eigenvalue weighted by molar-refractivity contribution is 5.94. The zero-order chi connectivity index (χ0) is 31.2. The largest absolute Gasteiger partial charge is 0.481 e. The van der Waals surface area contributed by atoms with Crippen molar-refractivity contribution in [3.8, 4) is 16.9 Å². The molecule has 1 aliphatic rings. The fourth-order valence-electron chi connectivity index (χ4n) is 6.29. The van der Waals surface area contributed by atoms with Gasteiger partial charge in [-0.3, -0.25) is 9.48 Å². The standard InChI is InChI=1S/C34H36F2N6O2/c1-21(2)31-23(4)42(29-13-14-30(37-22(29)3)40-17-15-24(16-18-40)33(43)44)39-32(31)26-11-8-12-28-27(26)19-41(38-28)20-34(35,36)25-9-6-5-7-10-25/h5-14,19,21,24H,15-18,20H2,1-4H3,(H,43,44). The van der Waals surface area contributed by atoms with Crippen LogP contribution < -0.4 is 4.90 Å². The van der Waals surface area contributed by atoms with Gasteiger partial charge in [0.15, 0.2) is 0 Å². The number of nitrogens with zero attached hydrogens (tertiary/aromatic N) is 6. The van der Waals surface area contributed by atoms with Gasteiger partial charge in [-0.1, -0.05) is 56.3 Å². The van der Waals surface area contributed by atoms with Crippen molar-refractivity contribution in [1.29, 1.82) is 0 Å². The number of carbonyl (C=O) groups is 1. The number of benzene rings is 2. The Kier molecular flexibility index (Phi) is 7.69. The molecule has 44 heavy (non-hydrogen) atoms. The van der Waals surface area contributed by atoms with Gasteiger partial charge in [0.2, 0.25) is 0 Å². The summed E-state index contributed by atoms with van der Waals surface area (Å²) < 4.78 is 33.5. The van der Waals surface area contributed by atoms with E-state index in [1.54, 1.807) is 24.4 Å². The van der Waals surface area contributed by atoms with Gasteiger partial charge in [0, 0.05) is 47.1 Å². The third kappa shape index (κ3) is 5.44. The second-order valence-electron chi connectivity index (χ2n) is 11.9. The third-order valence-electron chi connectivity index (χ3n) is 8.59. The summed E-state index contributed by atoms with van der Waals surface area (Å²) >= 11 is 0. The molecular weight excluding hydrogens is 562 g/mol. The number of aliphatic carboxylic acids is 1. The monoisotopic (exact) mass is 598 g/mol. The molecule has 0 unspecified atom stereocenters. The van der Waals surface area contributed by atoms with Crippen LogP contribution >= 0.6 is 0 Å². The molecule has 0 aliphatic carbocycles. The Morgan fingerprint density at radius 1 is 1.00 bits per heavy atom. The minimum atomic E-state index is -3.08. The minimum absolute atomic E-state index is 0.0454. The molecule has 0 bridgehead atoms. The number of piperidine rings is 1. The number of anilines is 1. The average Bonchev–Trinajstić information content (AvgIpc) is 3.57. The lowest BCUT2D eigenvalue weighted by molar-refractivity contribution is -0.142. The first-order valence-electron chi connectivity index (χ1n) is 15.0. The summed E-state index contributed by atoms with van der Waals surface area (Å²) in [4.78, 5) is 18.4. The van der Waals surface area contributed by atoms with Crippen molar-refractivity contribution in [1.82, 2.24) is 24.5 Å². The van der Waals surface area contributed by atoms with Crippen LogP contribution in [0.2, 0.25) is 0 Å². The van der Waals surface area contributed by atoms with Crippen LogP contribution in [-0.2, 0) is 17.3 Å². The van der Waals surface area contributed by atoms with Crippen LogP contribution in [0.1, 0.15) is 55.1 Å². The first-order valence-corrected chi connectivity index (χ1v) is 15.0. The van der Waals surface area contributed by atoms with Crippen LogP contribution in [-0.4, -0.2) is 48.7 Å². The number of alkyl halides is 2. The number of aryl methyl sites for hydroxylation is 1. The molecule has 0 radical (unpaired) electrons. The highest BCUT2D eigenvalue weighted by Gasteiger charge is 2.33. The molecule has 2 aromatic carbocycles. The van der Waals surface area contributed by atoms with Gasteiger partial charge in [-0.2, -0.15) is 19.0 Å². The number of fused-ring (bicyclic) bond motifs is 1. The Morgan fingerprint density at radius 3 is 2.39 bits per heavy atom. The summed E-state index contributed by atoms with van der Waals surface area (Å²) in [6.07, 6.45) is 2.89. The quantitative estimate of drug-likeness (QED) is 0.205. The van der Waals surface area contributed by atoms with E-state index in [1.165, 1.54) is 16.8 Å². The smallest absolute Gasteiger partial charge is 0.306 e. The number of rotatable bonds is 8. The summed E-state index contributed by atoms with van der Waals surface area (Å²) in [5.74, 6) is -3.14. The molecule has 5 aromatic rings. The molecule has 8 nitrogen and oxygen atoms in total. The van der Waals surface area contributed by atoms with Crippen molar-refractivity contribution in [3.63, 3.8) is 0 Å². The molecule has 228 valence electrons. The number of hydrogen-bond donors (Lipinski definition) is 1. The highest BCUT2D eigenvalue weighted by atomic mass is 19.3. The van der Waals surface area contributed by atoms with Crippen molar-refractivity contribution in [2.45, 2.75) is 58.9 Å². The van der Waals surface area contributed by atoms with E-state index < -0.39 is 18.4 Å². The lowest BCUT2D eigenvalue weighted by atomic mass is 9.95. The number of aromatic nitrogens is 5. The molecule has 0 atom stereocenters. The van der Waals surface area contributed by atoms with Crippen molar-refractivity contribution in [2.24, 2.45) is 5.92 Å². The minimum Gasteiger partial charge on any atom is -0.481 e. The number of carboxylic acid groups (broad SMARTS) is 1. The summed E-state index contributed by atoms with van der Waals surface area (Å²) in [6.45, 7) is 8.98. The van der Waals surface area contributed by atoms with E-state index in [4.69, 9.17) is 10.1 Å². The van der Waals surface area contributed by atoms with Gasteiger partial charge in [-0.25, -0.2) is 9.67 Å². The van der Waals surface area contributed by atoms with Crippen LogP contribution in [0.25, 0.3) is 27.8 Å². The highest BCUT2D eigenvalue weighted by Crippen LogP contribution is 2.37. The van der Waals surface area contributed by atoms with E-state index in [0.29, 0.717) is 31.4 Å². The van der Waals surface area contributed by atoms with Gasteiger partial charge in [0.05, 0.1) is 28.5 Å². The summed E-state index contributed by atoms with van der Waals surface area (Å²) in [7, 11) is 0. The zero-order valence-electron chi connectivity index (χ0n) is 25.3. The van der Waals surface area contributed by atoms with Gasteiger partial charge in [0.1, 0.15) is 12.4 Å². The molecule has 10 heteroatoms. The Bertz CT molecular complexity index is 1820. The molecule has 3 aromatic heterocycles. The first-order chi connectivity index (χ1) is 21.0. The molecule has 1 fully saturated rings. The Morgan fingerprint density at radius 2 is 1.73 bits per heavy atom. The van der Waals surface area contributed by atoms with E-state index >= 15 is 8.78 Å². The van der Waals surface area contributed by atoms with Crippen molar-refractivity contribution in [3.05, 3.63) is 89.4 Å². The molecule has 1 aliphatic heterocycles. The van der Waals surface area contributed by atoms with E-state index in [1.807, 2.05) is 48.9 Å². The van der Waals surface area contributed by atoms with Crippen LogP contribution in [0.4, 0.5) is 14.6 Å². The summed E-state index contributed by atoms with van der Waals surface area (Å²) in [6, 6.07) is 17.5. The zero-order valence-corrected chi connectivity index (χ0v) is 25.3. The molecule has 6 rings (SSSR count). The normalized spacial score (nSPS) is 14.6. The molecule has 0 amide bonds. The molecule has 1 saturated heterocycles. The molecule has 1 N–H and O–H groups in total. The van der Waals surface area contributed by atoms with E-state index in [9.17, 15) is 9.90 Å². The van der Waals surface area contributed by atoms with Crippen molar-refractivity contribution < 1.29 is 18.7 Å². The maximum Gasteiger partial charge on any atom is 0.306 e. The van der Waals surface area contributed by atoms with Gasteiger partial charge in [-0.15, -0.1) is 0 Å². The van der Waals surface area contributed by atoms with Crippen LogP contribution in [0.15, 0.2) is 66.9 Å². The number of hydrogen-bond acceptors (Lipinski definition) is 5. The fraction of sp³-hybridized carbons (Fsp3) is 0.353. The number of carboxylic acids is 1. The Hall–Kier alpha value is -4.60. The van der Waals surface area contributed by atoms with Crippen LogP contribution in [0, 0.1) is 19.8 Å². The summed E-state index contributed by atoms with van der Waals surface area (Å²) in [5.41, 5.74) is 5.92. The van der Waals surface area contributed by atoms with Crippen molar-refractivity contribution >= 4 is 22.7 Å². The lowest BCUT2D eigenvalue weighted by Gasteiger charge is -2.31. The molecular formula is C34H36F2N6O2. The number of halogens is 2. The van der Waals surface area contributed by atoms with Crippen LogP contribution in [0.5, 0.6) is 0 Å². The van der Waals surface area contributed by atoms with Crippen LogP contribution in [0.3, 0.4) is 0 Å².